The number of phenols is 1. The molecule has 0 aliphatic carbocycles. The summed E-state index contributed by atoms with van der Waals surface area (Å²) in [4.78, 5) is 6.72. The minimum atomic E-state index is -0.326. The fourth-order valence-electron chi connectivity index (χ4n) is 2.93. The molecular weight excluding hydrogens is 385 g/mol. The summed E-state index contributed by atoms with van der Waals surface area (Å²) in [5.74, 6) is -0.167. The third-order valence-electron chi connectivity index (χ3n) is 4.03. The maximum absolute atomic E-state index is 14.4. The second kappa shape index (κ2) is 7.37. The second-order valence-electron chi connectivity index (χ2n) is 6.14. The van der Waals surface area contributed by atoms with Crippen LogP contribution < -0.4 is 5.73 Å². The fraction of sp³-hybridized carbons (Fsp3) is 0.211. The van der Waals surface area contributed by atoms with Crippen LogP contribution in [0.25, 0.3) is 0 Å². The number of rotatable bonds is 4. The quantitative estimate of drug-likeness (QED) is 0.768. The summed E-state index contributed by atoms with van der Waals surface area (Å²) < 4.78 is 15.1. The number of hydrogen-bond acceptors (Lipinski definition) is 4. The third kappa shape index (κ3) is 4.08. The second-order valence-corrected chi connectivity index (χ2v) is 7.05. The molecule has 4 nitrogen and oxygen atoms in total. The largest absolute Gasteiger partial charge is 0.508 e. The molecule has 0 radical (unpaired) electrons. The van der Waals surface area contributed by atoms with Crippen molar-refractivity contribution in [2.45, 2.75) is 6.54 Å². The van der Waals surface area contributed by atoms with Crippen molar-refractivity contribution < 1.29 is 9.50 Å². The minimum absolute atomic E-state index is 0.159. The number of nitrogens with zero attached hydrogens (tertiary/aromatic N) is 2. The average Bonchev–Trinajstić information content (AvgIpc) is 2.87. The van der Waals surface area contributed by atoms with Gasteiger partial charge in [-0.25, -0.2) is 4.39 Å². The molecule has 3 N–H and O–H groups in total. The molecule has 0 atom stereocenters. The van der Waals surface area contributed by atoms with Crippen molar-refractivity contribution >= 4 is 21.6 Å². The minimum Gasteiger partial charge on any atom is -0.508 e. The highest BCUT2D eigenvalue weighted by Gasteiger charge is 2.23. The fourth-order valence-corrected chi connectivity index (χ4v) is 3.46. The molecule has 0 aromatic heterocycles. The van der Waals surface area contributed by atoms with Crippen LogP contribution in [-0.2, 0) is 6.54 Å². The van der Waals surface area contributed by atoms with Crippen LogP contribution in [0.5, 0.6) is 5.75 Å². The Morgan fingerprint density at radius 2 is 2.04 bits per heavy atom. The highest BCUT2D eigenvalue weighted by atomic mass is 79.9. The van der Waals surface area contributed by atoms with Crippen molar-refractivity contribution in [3.8, 4) is 5.75 Å². The van der Waals surface area contributed by atoms with E-state index >= 15 is 0 Å². The zero-order valence-corrected chi connectivity index (χ0v) is 15.4. The SMILES string of the molecule is CN1CC(N)=C(C(=NCc2cc(O)cc(Br)c2)c2ccccc2F)C1. The van der Waals surface area contributed by atoms with Gasteiger partial charge in [-0.05, 0) is 42.9 Å². The summed E-state index contributed by atoms with van der Waals surface area (Å²) in [5.41, 5.74) is 9.56. The number of phenolic OH excluding ortho intramolecular Hbond substituents is 1. The molecule has 2 aromatic carbocycles. The van der Waals surface area contributed by atoms with E-state index in [2.05, 4.69) is 25.8 Å². The number of halogens is 2. The molecule has 130 valence electrons. The van der Waals surface area contributed by atoms with Gasteiger partial charge in [-0.1, -0.05) is 28.1 Å². The zero-order valence-electron chi connectivity index (χ0n) is 13.8. The van der Waals surface area contributed by atoms with Gasteiger partial charge in [-0.3, -0.25) is 9.89 Å². The van der Waals surface area contributed by atoms with Gasteiger partial charge in [0.25, 0.3) is 0 Å². The molecule has 0 amide bonds. The topological polar surface area (TPSA) is 61.8 Å². The predicted molar refractivity (Wildman–Crippen MR) is 101 cm³/mol. The normalized spacial score (nSPS) is 15.9. The first kappa shape index (κ1) is 17.6. The van der Waals surface area contributed by atoms with Gasteiger partial charge >= 0.3 is 0 Å². The van der Waals surface area contributed by atoms with Crippen LogP contribution in [0.15, 0.2) is 63.2 Å². The summed E-state index contributed by atoms with van der Waals surface area (Å²) in [7, 11) is 1.96. The van der Waals surface area contributed by atoms with Crippen molar-refractivity contribution in [3.63, 3.8) is 0 Å². The molecule has 1 aliphatic rings. The van der Waals surface area contributed by atoms with Crippen molar-refractivity contribution in [1.82, 2.24) is 4.90 Å². The van der Waals surface area contributed by atoms with Gasteiger partial charge in [-0.15, -0.1) is 0 Å². The van der Waals surface area contributed by atoms with Crippen LogP contribution in [0, 0.1) is 5.82 Å². The highest BCUT2D eigenvalue weighted by Crippen LogP contribution is 2.23. The number of benzene rings is 2. The summed E-state index contributed by atoms with van der Waals surface area (Å²) in [6.45, 7) is 1.58. The number of aromatic hydroxyl groups is 1. The van der Waals surface area contributed by atoms with Gasteiger partial charge in [0.05, 0.1) is 12.3 Å². The van der Waals surface area contributed by atoms with E-state index < -0.39 is 0 Å². The zero-order chi connectivity index (χ0) is 18.0. The predicted octanol–water partition coefficient (Wildman–Crippen LogP) is 3.44. The Labute approximate surface area is 154 Å². The molecule has 1 heterocycles. The van der Waals surface area contributed by atoms with Crippen LogP contribution in [0.3, 0.4) is 0 Å². The lowest BCUT2D eigenvalue weighted by molar-refractivity contribution is 0.426. The summed E-state index contributed by atoms with van der Waals surface area (Å²) >= 11 is 3.36. The van der Waals surface area contributed by atoms with E-state index in [1.165, 1.54) is 6.07 Å². The van der Waals surface area contributed by atoms with Crippen molar-refractivity contribution in [3.05, 3.63) is 75.2 Å². The number of likely N-dealkylation sites (N-methyl/N-ethyl adjacent to an activating group) is 1. The standard InChI is InChI=1S/C19H19BrFN3O/c1-24-10-16(18(22)11-24)19(15-4-2-3-5-17(15)21)23-9-12-6-13(20)8-14(25)7-12/h2-8,25H,9-11,22H2,1H3. The van der Waals surface area contributed by atoms with Crippen LogP contribution in [0.2, 0.25) is 0 Å². The Bertz CT molecular complexity index is 843. The van der Waals surface area contributed by atoms with Gasteiger partial charge in [0.1, 0.15) is 11.6 Å². The van der Waals surface area contributed by atoms with Crippen molar-refractivity contribution in [1.29, 1.82) is 0 Å². The van der Waals surface area contributed by atoms with Gasteiger partial charge in [-0.2, -0.15) is 0 Å². The molecule has 1 aliphatic heterocycles. The molecule has 2 aromatic rings. The lowest BCUT2D eigenvalue weighted by Crippen LogP contribution is -2.18. The lowest BCUT2D eigenvalue weighted by atomic mass is 10.0. The van der Waals surface area contributed by atoms with Crippen molar-refractivity contribution in [2.75, 3.05) is 20.1 Å². The van der Waals surface area contributed by atoms with Crippen LogP contribution in [0.1, 0.15) is 11.1 Å². The first-order chi connectivity index (χ1) is 11.9. The number of aliphatic imine (C=N–C) groups is 1. The third-order valence-corrected chi connectivity index (χ3v) is 4.49. The maximum Gasteiger partial charge on any atom is 0.132 e. The molecule has 3 rings (SSSR count). The molecule has 0 saturated carbocycles. The first-order valence-corrected chi connectivity index (χ1v) is 8.67. The molecule has 25 heavy (non-hydrogen) atoms. The number of nitrogens with two attached hydrogens (primary N) is 1. The van der Waals surface area contributed by atoms with Gasteiger partial charge in [0.2, 0.25) is 0 Å². The van der Waals surface area contributed by atoms with Crippen LogP contribution in [-0.4, -0.2) is 35.9 Å². The van der Waals surface area contributed by atoms with E-state index in [0.717, 1.165) is 15.6 Å². The van der Waals surface area contributed by atoms with E-state index in [4.69, 9.17) is 5.73 Å². The monoisotopic (exact) mass is 403 g/mol. The van der Waals surface area contributed by atoms with Gasteiger partial charge in [0, 0.05) is 34.4 Å². The molecule has 0 fully saturated rings. The maximum atomic E-state index is 14.4. The van der Waals surface area contributed by atoms with Crippen molar-refractivity contribution in [2.24, 2.45) is 10.7 Å². The van der Waals surface area contributed by atoms with Gasteiger partial charge < -0.3 is 10.8 Å². The molecule has 6 heteroatoms. The molecular formula is C19H19BrFN3O. The first-order valence-electron chi connectivity index (χ1n) is 7.88. The van der Waals surface area contributed by atoms with Crippen LogP contribution in [0.4, 0.5) is 4.39 Å². The summed E-state index contributed by atoms with van der Waals surface area (Å²) in [6, 6.07) is 11.7. The number of hydrogen-bond donors (Lipinski definition) is 2. The van der Waals surface area contributed by atoms with E-state index in [-0.39, 0.29) is 11.6 Å². The Balaban J connectivity index is 2.02. The van der Waals surface area contributed by atoms with Gasteiger partial charge in [0.15, 0.2) is 0 Å². The Morgan fingerprint density at radius 1 is 1.28 bits per heavy atom. The average molecular weight is 404 g/mol. The Kier molecular flexibility index (Phi) is 5.20. The van der Waals surface area contributed by atoms with Crippen LogP contribution >= 0.6 is 15.9 Å². The molecule has 0 saturated heterocycles. The summed E-state index contributed by atoms with van der Waals surface area (Å²) in [5, 5.41) is 9.73. The van der Waals surface area contributed by atoms with E-state index in [1.807, 2.05) is 13.1 Å². The van der Waals surface area contributed by atoms with E-state index in [1.54, 1.807) is 30.3 Å². The van der Waals surface area contributed by atoms with E-state index in [0.29, 0.717) is 36.6 Å². The Morgan fingerprint density at radius 3 is 2.68 bits per heavy atom. The lowest BCUT2D eigenvalue weighted by Gasteiger charge is -2.12. The van der Waals surface area contributed by atoms with E-state index in [9.17, 15) is 9.50 Å². The molecule has 0 unspecified atom stereocenters. The highest BCUT2D eigenvalue weighted by molar-refractivity contribution is 9.10. The Hall–Kier alpha value is -2.18. The molecule has 0 spiro atoms. The summed E-state index contributed by atoms with van der Waals surface area (Å²) in [6.07, 6.45) is 0. The smallest absolute Gasteiger partial charge is 0.132 e. The molecule has 0 bridgehead atoms.